The Morgan fingerprint density at radius 2 is 1.73 bits per heavy atom. The average Bonchev–Trinajstić information content (AvgIpc) is 3.16. The molecule has 2 aromatic heterocycles. The van der Waals surface area contributed by atoms with Gasteiger partial charge < -0.3 is 14.4 Å². The normalized spacial score (nSPS) is 19.1. The van der Waals surface area contributed by atoms with Gasteiger partial charge in [-0.3, -0.25) is 4.90 Å². The monoisotopic (exact) mass is 405 g/mol. The summed E-state index contributed by atoms with van der Waals surface area (Å²) in [6, 6.07) is 16.1. The van der Waals surface area contributed by atoms with Crippen LogP contribution in [0.3, 0.4) is 0 Å². The fourth-order valence-electron chi connectivity index (χ4n) is 4.13. The molecule has 0 N–H and O–H groups in total. The van der Waals surface area contributed by atoms with Crippen molar-refractivity contribution in [2.45, 2.75) is 20.0 Å². The molecule has 156 valence electrons. The first-order chi connectivity index (χ1) is 14.7. The number of anilines is 1. The van der Waals surface area contributed by atoms with Gasteiger partial charge in [0.15, 0.2) is 17.3 Å². The van der Waals surface area contributed by atoms with E-state index in [-0.39, 0.29) is 6.10 Å². The number of aryl methyl sites for hydroxylation is 2. The summed E-state index contributed by atoms with van der Waals surface area (Å²) in [5.74, 6) is 3.66. The third-order valence-corrected chi connectivity index (χ3v) is 5.63. The minimum absolute atomic E-state index is 0.0655. The van der Waals surface area contributed by atoms with Gasteiger partial charge in [-0.15, -0.1) is 0 Å². The van der Waals surface area contributed by atoms with Gasteiger partial charge in [-0.1, -0.05) is 18.2 Å². The van der Waals surface area contributed by atoms with Gasteiger partial charge in [0.25, 0.3) is 0 Å². The highest BCUT2D eigenvalue weighted by Crippen LogP contribution is 2.31. The fraction of sp³-hybridized carbons (Fsp3) is 0.391. The highest BCUT2D eigenvalue weighted by atomic mass is 16.6. The summed E-state index contributed by atoms with van der Waals surface area (Å²) < 4.78 is 14.0. The number of pyridine rings is 1. The standard InChI is InChI=1S/C23H27N5O2/c1-17-6-5-9-22(24-17)28-23(14-18(2)25-28)27-12-10-26(11-13-27)15-19-16-29-20-7-3-4-8-21(20)30-19/h3-9,14,19H,10-13,15-16H2,1-2H3. The lowest BCUT2D eigenvalue weighted by Crippen LogP contribution is -2.51. The van der Waals surface area contributed by atoms with Gasteiger partial charge in [0.1, 0.15) is 18.5 Å². The lowest BCUT2D eigenvalue weighted by molar-refractivity contribution is 0.0570. The SMILES string of the molecule is Cc1cccc(-n2nc(C)cc2N2CCN(CC3COc4ccccc4O3)CC2)n1. The molecule has 0 amide bonds. The molecule has 0 spiro atoms. The molecule has 4 heterocycles. The van der Waals surface area contributed by atoms with E-state index in [2.05, 4.69) is 20.9 Å². The van der Waals surface area contributed by atoms with Crippen LogP contribution >= 0.6 is 0 Å². The van der Waals surface area contributed by atoms with Crippen LogP contribution in [0.5, 0.6) is 11.5 Å². The van der Waals surface area contributed by atoms with Crippen molar-refractivity contribution >= 4 is 5.82 Å². The predicted molar refractivity (Wildman–Crippen MR) is 116 cm³/mol. The van der Waals surface area contributed by atoms with Crippen molar-refractivity contribution < 1.29 is 9.47 Å². The highest BCUT2D eigenvalue weighted by Gasteiger charge is 2.26. The van der Waals surface area contributed by atoms with E-state index in [1.807, 2.05) is 61.0 Å². The van der Waals surface area contributed by atoms with Crippen LogP contribution in [-0.2, 0) is 0 Å². The topological polar surface area (TPSA) is 55.7 Å². The van der Waals surface area contributed by atoms with Gasteiger partial charge in [0, 0.05) is 44.5 Å². The number of aromatic nitrogens is 3. The van der Waals surface area contributed by atoms with Crippen LogP contribution in [0, 0.1) is 13.8 Å². The molecule has 0 aliphatic carbocycles. The molecular weight excluding hydrogens is 378 g/mol. The quantitative estimate of drug-likeness (QED) is 0.665. The van der Waals surface area contributed by atoms with Crippen molar-refractivity contribution in [3.63, 3.8) is 0 Å². The Hall–Kier alpha value is -3.06. The number of fused-ring (bicyclic) bond motifs is 1. The van der Waals surface area contributed by atoms with Gasteiger partial charge in [-0.05, 0) is 38.1 Å². The van der Waals surface area contributed by atoms with Crippen LogP contribution in [0.1, 0.15) is 11.4 Å². The van der Waals surface area contributed by atoms with Crippen LogP contribution in [0.25, 0.3) is 5.82 Å². The second-order valence-corrected chi connectivity index (χ2v) is 7.98. The Morgan fingerprint density at radius 1 is 0.933 bits per heavy atom. The largest absolute Gasteiger partial charge is 0.486 e. The molecule has 1 atom stereocenters. The summed E-state index contributed by atoms with van der Waals surface area (Å²) in [4.78, 5) is 9.51. The maximum Gasteiger partial charge on any atom is 0.161 e. The number of hydrogen-bond donors (Lipinski definition) is 0. The molecule has 2 aliphatic heterocycles. The van der Waals surface area contributed by atoms with E-state index in [4.69, 9.17) is 14.6 Å². The summed E-state index contributed by atoms with van der Waals surface area (Å²) in [7, 11) is 0. The maximum atomic E-state index is 6.13. The molecule has 5 rings (SSSR count). The van der Waals surface area contributed by atoms with Crippen molar-refractivity contribution in [1.82, 2.24) is 19.7 Å². The number of nitrogens with zero attached hydrogens (tertiary/aromatic N) is 5. The molecule has 7 heteroatoms. The van der Waals surface area contributed by atoms with E-state index < -0.39 is 0 Å². The molecule has 2 aliphatic rings. The minimum atomic E-state index is 0.0655. The maximum absolute atomic E-state index is 6.13. The molecule has 0 saturated carbocycles. The van der Waals surface area contributed by atoms with Crippen LogP contribution in [0.4, 0.5) is 5.82 Å². The second-order valence-electron chi connectivity index (χ2n) is 7.98. The Kier molecular flexibility index (Phi) is 5.04. The van der Waals surface area contributed by atoms with Gasteiger partial charge in [-0.25, -0.2) is 4.98 Å². The molecule has 7 nitrogen and oxygen atoms in total. The first-order valence-corrected chi connectivity index (χ1v) is 10.5. The Labute approximate surface area is 176 Å². The molecule has 1 fully saturated rings. The van der Waals surface area contributed by atoms with Crippen molar-refractivity contribution in [3.8, 4) is 17.3 Å². The zero-order chi connectivity index (χ0) is 20.5. The predicted octanol–water partition coefficient (Wildman–Crippen LogP) is 2.85. The van der Waals surface area contributed by atoms with Gasteiger partial charge in [0.05, 0.1) is 5.69 Å². The summed E-state index contributed by atoms with van der Waals surface area (Å²) in [5.41, 5.74) is 2.00. The molecule has 1 saturated heterocycles. The van der Waals surface area contributed by atoms with E-state index in [1.165, 1.54) is 0 Å². The molecule has 0 radical (unpaired) electrons. The molecule has 3 aromatic rings. The van der Waals surface area contributed by atoms with Crippen LogP contribution in [0.15, 0.2) is 48.5 Å². The van der Waals surface area contributed by atoms with E-state index in [0.717, 1.165) is 67.2 Å². The van der Waals surface area contributed by atoms with E-state index in [0.29, 0.717) is 6.61 Å². The zero-order valence-corrected chi connectivity index (χ0v) is 17.5. The first-order valence-electron chi connectivity index (χ1n) is 10.5. The summed E-state index contributed by atoms with van der Waals surface area (Å²) in [6.07, 6.45) is 0.0655. The van der Waals surface area contributed by atoms with Crippen LogP contribution in [0.2, 0.25) is 0 Å². The Balaban J connectivity index is 1.23. The molecule has 1 aromatic carbocycles. The number of piperazine rings is 1. The van der Waals surface area contributed by atoms with Crippen molar-refractivity contribution in [2.75, 3.05) is 44.2 Å². The lowest BCUT2D eigenvalue weighted by Gasteiger charge is -2.38. The Morgan fingerprint density at radius 3 is 2.53 bits per heavy atom. The number of benzene rings is 1. The summed E-state index contributed by atoms with van der Waals surface area (Å²) in [5, 5.41) is 4.69. The number of ether oxygens (including phenoxy) is 2. The third-order valence-electron chi connectivity index (χ3n) is 5.63. The smallest absolute Gasteiger partial charge is 0.161 e. The first kappa shape index (κ1) is 18.9. The van der Waals surface area contributed by atoms with Crippen LogP contribution < -0.4 is 14.4 Å². The molecule has 0 bridgehead atoms. The van der Waals surface area contributed by atoms with E-state index >= 15 is 0 Å². The van der Waals surface area contributed by atoms with E-state index in [9.17, 15) is 0 Å². The number of para-hydroxylation sites is 2. The minimum Gasteiger partial charge on any atom is -0.486 e. The second kappa shape index (κ2) is 7.99. The third kappa shape index (κ3) is 3.85. The summed E-state index contributed by atoms with van der Waals surface area (Å²) >= 11 is 0. The molecule has 30 heavy (non-hydrogen) atoms. The van der Waals surface area contributed by atoms with Crippen molar-refractivity contribution in [3.05, 3.63) is 59.9 Å². The van der Waals surface area contributed by atoms with Crippen molar-refractivity contribution in [1.29, 1.82) is 0 Å². The van der Waals surface area contributed by atoms with Gasteiger partial charge >= 0.3 is 0 Å². The number of rotatable bonds is 4. The highest BCUT2D eigenvalue weighted by molar-refractivity contribution is 5.47. The van der Waals surface area contributed by atoms with Gasteiger partial charge in [-0.2, -0.15) is 9.78 Å². The lowest BCUT2D eigenvalue weighted by atomic mass is 10.2. The number of hydrogen-bond acceptors (Lipinski definition) is 6. The summed E-state index contributed by atoms with van der Waals surface area (Å²) in [6.45, 7) is 9.36. The average molecular weight is 406 g/mol. The van der Waals surface area contributed by atoms with Gasteiger partial charge in [0.2, 0.25) is 0 Å². The van der Waals surface area contributed by atoms with Crippen molar-refractivity contribution in [2.24, 2.45) is 0 Å². The molecular formula is C23H27N5O2. The zero-order valence-electron chi connectivity index (χ0n) is 17.5. The molecule has 1 unspecified atom stereocenters. The fourth-order valence-corrected chi connectivity index (χ4v) is 4.13. The Bertz CT molecular complexity index is 1030. The van der Waals surface area contributed by atoms with Crippen LogP contribution in [-0.4, -0.2) is 65.1 Å². The van der Waals surface area contributed by atoms with E-state index in [1.54, 1.807) is 0 Å².